The number of benzene rings is 1. The van der Waals surface area contributed by atoms with E-state index in [1.165, 1.54) is 6.26 Å². The van der Waals surface area contributed by atoms with E-state index in [0.717, 1.165) is 6.42 Å². The second kappa shape index (κ2) is 6.58. The van der Waals surface area contributed by atoms with Gasteiger partial charge in [-0.3, -0.25) is 4.79 Å². The lowest BCUT2D eigenvalue weighted by Crippen LogP contribution is -2.45. The maximum Gasteiger partial charge on any atom is 0.254 e. The summed E-state index contributed by atoms with van der Waals surface area (Å²) in [5.74, 6) is -0.0284. The molecule has 1 aromatic rings. The second-order valence-electron chi connectivity index (χ2n) is 5.42. The molecule has 1 atom stereocenters. The van der Waals surface area contributed by atoms with Crippen LogP contribution in [0.1, 0.15) is 29.3 Å². The van der Waals surface area contributed by atoms with E-state index in [0.29, 0.717) is 30.8 Å². The van der Waals surface area contributed by atoms with Gasteiger partial charge in [0.1, 0.15) is 0 Å². The van der Waals surface area contributed by atoms with Gasteiger partial charge in [-0.1, -0.05) is 19.1 Å². The first-order valence-electron chi connectivity index (χ1n) is 7.06. The van der Waals surface area contributed by atoms with Crippen LogP contribution in [0.4, 0.5) is 0 Å². The summed E-state index contributed by atoms with van der Waals surface area (Å²) in [6.45, 7) is 3.82. The Morgan fingerprint density at radius 1 is 1.33 bits per heavy atom. The van der Waals surface area contributed by atoms with Crippen LogP contribution in [0.2, 0.25) is 0 Å². The zero-order chi connectivity index (χ0) is 15.5. The lowest BCUT2D eigenvalue weighted by Gasteiger charge is -2.32. The van der Waals surface area contributed by atoms with Gasteiger partial charge in [-0.05, 0) is 24.1 Å². The van der Waals surface area contributed by atoms with E-state index in [2.05, 4.69) is 0 Å². The number of morpholine rings is 1. The van der Waals surface area contributed by atoms with Crippen molar-refractivity contribution in [2.45, 2.75) is 25.2 Å². The van der Waals surface area contributed by atoms with E-state index in [9.17, 15) is 13.2 Å². The van der Waals surface area contributed by atoms with E-state index in [-0.39, 0.29) is 17.8 Å². The zero-order valence-corrected chi connectivity index (χ0v) is 13.2. The van der Waals surface area contributed by atoms with Crippen LogP contribution in [0.25, 0.3) is 0 Å². The van der Waals surface area contributed by atoms with Gasteiger partial charge in [0.05, 0.1) is 18.5 Å². The van der Waals surface area contributed by atoms with Crippen LogP contribution < -0.4 is 0 Å². The first-order chi connectivity index (χ1) is 9.89. The first kappa shape index (κ1) is 16.0. The topological polar surface area (TPSA) is 63.7 Å². The van der Waals surface area contributed by atoms with Crippen molar-refractivity contribution in [1.82, 2.24) is 4.90 Å². The summed E-state index contributed by atoms with van der Waals surface area (Å²) in [6.07, 6.45) is 2.19. The Labute approximate surface area is 125 Å². The van der Waals surface area contributed by atoms with Gasteiger partial charge in [0.25, 0.3) is 5.91 Å². The number of hydrogen-bond acceptors (Lipinski definition) is 4. The average Bonchev–Trinajstić information content (AvgIpc) is 2.46. The molecule has 1 aliphatic heterocycles. The molecular formula is C15H21NO4S. The Morgan fingerprint density at radius 2 is 2.00 bits per heavy atom. The van der Waals surface area contributed by atoms with Gasteiger partial charge in [-0.15, -0.1) is 0 Å². The molecule has 1 heterocycles. The van der Waals surface area contributed by atoms with Crippen LogP contribution in [-0.2, 0) is 20.3 Å². The number of sulfone groups is 1. The molecule has 0 spiro atoms. The number of ether oxygens (including phenoxy) is 1. The highest BCUT2D eigenvalue weighted by Crippen LogP contribution is 2.14. The molecule has 0 saturated carbocycles. The van der Waals surface area contributed by atoms with Crippen molar-refractivity contribution in [3.8, 4) is 0 Å². The molecule has 1 aliphatic rings. The van der Waals surface area contributed by atoms with Crippen molar-refractivity contribution < 1.29 is 17.9 Å². The summed E-state index contributed by atoms with van der Waals surface area (Å²) in [4.78, 5) is 14.2. The minimum atomic E-state index is -3.05. The summed E-state index contributed by atoms with van der Waals surface area (Å²) in [6, 6.07) is 6.79. The molecule has 0 aliphatic carbocycles. The highest BCUT2D eigenvalue weighted by molar-refractivity contribution is 7.89. The fourth-order valence-electron chi connectivity index (χ4n) is 2.38. The largest absolute Gasteiger partial charge is 0.375 e. The van der Waals surface area contributed by atoms with E-state index in [1.807, 2.05) is 6.92 Å². The summed E-state index contributed by atoms with van der Waals surface area (Å²) < 4.78 is 28.1. The third-order valence-corrected chi connectivity index (χ3v) is 4.37. The number of carbonyl (C=O) groups excluding carboxylic acids is 1. The van der Waals surface area contributed by atoms with Crippen LogP contribution in [0.15, 0.2) is 24.3 Å². The highest BCUT2D eigenvalue weighted by Gasteiger charge is 2.23. The maximum atomic E-state index is 12.4. The third-order valence-electron chi connectivity index (χ3n) is 3.51. The van der Waals surface area contributed by atoms with E-state index in [4.69, 9.17) is 4.74 Å². The number of rotatable bonds is 4. The van der Waals surface area contributed by atoms with Gasteiger partial charge < -0.3 is 9.64 Å². The first-order valence-corrected chi connectivity index (χ1v) is 9.12. The van der Waals surface area contributed by atoms with E-state index in [1.54, 1.807) is 29.2 Å². The molecule has 6 heteroatoms. The fraction of sp³-hybridized carbons (Fsp3) is 0.533. The SMILES string of the molecule is CCC1CN(C(=O)c2ccc(CS(C)(=O)=O)cc2)CCO1. The second-order valence-corrected chi connectivity index (χ2v) is 7.56. The van der Waals surface area contributed by atoms with Crippen LogP contribution in [0.5, 0.6) is 0 Å². The number of nitrogens with zero attached hydrogens (tertiary/aromatic N) is 1. The quantitative estimate of drug-likeness (QED) is 0.845. The molecule has 0 N–H and O–H groups in total. The molecule has 5 nitrogen and oxygen atoms in total. The molecule has 1 fully saturated rings. The lowest BCUT2D eigenvalue weighted by molar-refractivity contribution is -0.0226. The van der Waals surface area contributed by atoms with Crippen molar-refractivity contribution in [2.75, 3.05) is 26.0 Å². The molecule has 0 radical (unpaired) electrons. The van der Waals surface area contributed by atoms with Crippen LogP contribution >= 0.6 is 0 Å². The van der Waals surface area contributed by atoms with Crippen LogP contribution in [-0.4, -0.2) is 51.3 Å². The molecule has 1 amide bonds. The van der Waals surface area contributed by atoms with Crippen molar-refractivity contribution in [3.63, 3.8) is 0 Å². The van der Waals surface area contributed by atoms with Crippen LogP contribution in [0.3, 0.4) is 0 Å². The number of hydrogen-bond donors (Lipinski definition) is 0. The maximum absolute atomic E-state index is 12.4. The van der Waals surface area contributed by atoms with Crippen molar-refractivity contribution >= 4 is 15.7 Å². The Kier molecular flexibility index (Phi) is 5.00. The molecule has 0 bridgehead atoms. The number of amides is 1. The van der Waals surface area contributed by atoms with Gasteiger partial charge in [-0.2, -0.15) is 0 Å². The Bertz CT molecular complexity index is 595. The summed E-state index contributed by atoms with van der Waals surface area (Å²) in [5, 5.41) is 0. The van der Waals surface area contributed by atoms with Gasteiger partial charge in [0.15, 0.2) is 9.84 Å². The molecule has 2 rings (SSSR count). The normalized spacial score (nSPS) is 19.5. The van der Waals surface area contributed by atoms with E-state index >= 15 is 0 Å². The smallest absolute Gasteiger partial charge is 0.254 e. The highest BCUT2D eigenvalue weighted by atomic mass is 32.2. The van der Waals surface area contributed by atoms with Gasteiger partial charge >= 0.3 is 0 Å². The predicted molar refractivity (Wildman–Crippen MR) is 80.9 cm³/mol. The minimum absolute atomic E-state index is 0.00304. The van der Waals surface area contributed by atoms with Gasteiger partial charge in [0.2, 0.25) is 0 Å². The third kappa shape index (κ3) is 4.54. The van der Waals surface area contributed by atoms with Crippen molar-refractivity contribution in [2.24, 2.45) is 0 Å². The molecule has 116 valence electrons. The van der Waals surface area contributed by atoms with Gasteiger partial charge in [0, 0.05) is 24.9 Å². The van der Waals surface area contributed by atoms with Crippen molar-refractivity contribution in [3.05, 3.63) is 35.4 Å². The summed E-state index contributed by atoms with van der Waals surface area (Å²) >= 11 is 0. The Balaban J connectivity index is 2.06. The molecule has 1 aromatic carbocycles. The van der Waals surface area contributed by atoms with Crippen LogP contribution in [0, 0.1) is 0 Å². The monoisotopic (exact) mass is 311 g/mol. The van der Waals surface area contributed by atoms with E-state index < -0.39 is 9.84 Å². The molecule has 21 heavy (non-hydrogen) atoms. The Morgan fingerprint density at radius 3 is 2.57 bits per heavy atom. The lowest BCUT2D eigenvalue weighted by atomic mass is 10.1. The molecule has 1 saturated heterocycles. The fourth-order valence-corrected chi connectivity index (χ4v) is 3.18. The van der Waals surface area contributed by atoms with Gasteiger partial charge in [-0.25, -0.2) is 8.42 Å². The molecule has 0 aromatic heterocycles. The summed E-state index contributed by atoms with van der Waals surface area (Å²) in [7, 11) is -3.05. The molecule has 1 unspecified atom stereocenters. The predicted octanol–water partition coefficient (Wildman–Crippen LogP) is 1.48. The average molecular weight is 311 g/mol. The standard InChI is InChI=1S/C15H21NO4S/c1-3-14-10-16(8-9-20-14)15(17)13-6-4-12(5-7-13)11-21(2,18)19/h4-7,14H,3,8-11H2,1-2H3. The summed E-state index contributed by atoms with van der Waals surface area (Å²) in [5.41, 5.74) is 1.28. The van der Waals surface area contributed by atoms with Crippen molar-refractivity contribution in [1.29, 1.82) is 0 Å². The minimum Gasteiger partial charge on any atom is -0.375 e. The zero-order valence-electron chi connectivity index (χ0n) is 12.4. The molecular weight excluding hydrogens is 290 g/mol. The number of carbonyl (C=O) groups is 1. The Hall–Kier alpha value is -1.40.